The summed E-state index contributed by atoms with van der Waals surface area (Å²) in [5.41, 5.74) is 6.80. The van der Waals surface area contributed by atoms with Gasteiger partial charge in [-0.05, 0) is 45.0 Å². The molecule has 2 atom stereocenters. The number of ether oxygens (including phenoxy) is 2. The number of nitrogens with one attached hydrogen (secondary N) is 4. The first-order chi connectivity index (χ1) is 19.9. The predicted molar refractivity (Wildman–Crippen MR) is 163 cm³/mol. The summed E-state index contributed by atoms with van der Waals surface area (Å²) in [6, 6.07) is 9.98. The summed E-state index contributed by atoms with van der Waals surface area (Å²) in [5, 5.41) is 11.4. The molecule has 2 aromatic rings. The third-order valence-corrected chi connectivity index (χ3v) is 6.78. The lowest BCUT2D eigenvalue weighted by atomic mass is 10.1. The standard InChI is InChI=1S/C29H36ClN7O5/c1-17(34-23-8-6-5-7-21(23)31)35-26(38)24-25(33-16-32-24)27(39)36-22-10-9-19(15-20(22)30)41-18-11-13-37(14-12-18)28(40)42-29(2,3)4/h5-10,15-16,18,24-25,34H,1,11-14,31H2,2-4H3,(H,32,33)(H,35,38)(H,36,39). The lowest BCUT2D eigenvalue weighted by Crippen LogP contribution is -2.49. The van der Waals surface area contributed by atoms with Gasteiger partial charge in [0.2, 0.25) is 5.91 Å². The van der Waals surface area contributed by atoms with Gasteiger partial charge in [0.1, 0.15) is 29.3 Å². The molecule has 2 aromatic carbocycles. The highest BCUT2D eigenvalue weighted by Crippen LogP contribution is 2.29. The monoisotopic (exact) mass is 597 g/mol. The van der Waals surface area contributed by atoms with E-state index in [0.29, 0.717) is 48.7 Å². The number of amides is 3. The number of carbonyl (C=O) groups excluding carboxylic acids is 3. The second-order valence-corrected chi connectivity index (χ2v) is 11.4. The van der Waals surface area contributed by atoms with Crippen LogP contribution in [0.25, 0.3) is 0 Å². The van der Waals surface area contributed by atoms with E-state index in [0.717, 1.165) is 0 Å². The van der Waals surface area contributed by atoms with E-state index >= 15 is 0 Å². The predicted octanol–water partition coefficient (Wildman–Crippen LogP) is 3.71. The summed E-state index contributed by atoms with van der Waals surface area (Å²) in [6.07, 6.45) is 2.18. The number of nitrogens with two attached hydrogens (primary N) is 1. The van der Waals surface area contributed by atoms with Crippen molar-refractivity contribution in [1.29, 1.82) is 0 Å². The molecule has 4 rings (SSSR count). The summed E-state index contributed by atoms with van der Waals surface area (Å²) in [7, 11) is 0. The minimum atomic E-state index is -1.04. The lowest BCUT2D eigenvalue weighted by Gasteiger charge is -2.33. The Bertz CT molecular complexity index is 1370. The van der Waals surface area contributed by atoms with Crippen molar-refractivity contribution in [2.24, 2.45) is 4.99 Å². The van der Waals surface area contributed by atoms with Crippen molar-refractivity contribution in [3.8, 4) is 5.75 Å². The van der Waals surface area contributed by atoms with Gasteiger partial charge in [0, 0.05) is 32.0 Å². The number of para-hydroxylation sites is 2. The second kappa shape index (κ2) is 13.0. The zero-order valence-electron chi connectivity index (χ0n) is 23.8. The van der Waals surface area contributed by atoms with Crippen LogP contribution in [0.2, 0.25) is 5.02 Å². The molecule has 12 nitrogen and oxygen atoms in total. The molecule has 6 N–H and O–H groups in total. The maximum Gasteiger partial charge on any atom is 0.410 e. The van der Waals surface area contributed by atoms with E-state index in [1.54, 1.807) is 47.4 Å². The highest BCUT2D eigenvalue weighted by molar-refractivity contribution is 6.34. The molecule has 2 aliphatic heterocycles. The normalized spacial score (nSPS) is 18.5. The fourth-order valence-corrected chi connectivity index (χ4v) is 4.62. The van der Waals surface area contributed by atoms with E-state index in [1.807, 2.05) is 20.8 Å². The van der Waals surface area contributed by atoms with E-state index in [4.69, 9.17) is 26.8 Å². The Morgan fingerprint density at radius 1 is 1.07 bits per heavy atom. The summed E-state index contributed by atoms with van der Waals surface area (Å²) < 4.78 is 11.5. The van der Waals surface area contributed by atoms with Crippen LogP contribution in [-0.4, -0.2) is 66.0 Å². The molecule has 2 heterocycles. The van der Waals surface area contributed by atoms with Gasteiger partial charge in [0.15, 0.2) is 6.04 Å². The van der Waals surface area contributed by atoms with Crippen LogP contribution in [0.5, 0.6) is 5.75 Å². The summed E-state index contributed by atoms with van der Waals surface area (Å²) in [5.74, 6) is -0.300. The van der Waals surface area contributed by atoms with Crippen LogP contribution in [0.4, 0.5) is 21.9 Å². The van der Waals surface area contributed by atoms with Gasteiger partial charge in [-0.15, -0.1) is 0 Å². The molecule has 13 heteroatoms. The summed E-state index contributed by atoms with van der Waals surface area (Å²) >= 11 is 6.46. The number of hydrogen-bond acceptors (Lipinski definition) is 9. The van der Waals surface area contributed by atoms with Gasteiger partial charge in [0.25, 0.3) is 5.91 Å². The smallest absolute Gasteiger partial charge is 0.410 e. The number of anilines is 3. The fraction of sp³-hybridized carbons (Fsp3) is 0.379. The molecule has 224 valence electrons. The van der Waals surface area contributed by atoms with Gasteiger partial charge in [-0.2, -0.15) is 0 Å². The Hall–Kier alpha value is -4.45. The highest BCUT2D eigenvalue weighted by atomic mass is 35.5. The average molecular weight is 598 g/mol. The maximum absolute atomic E-state index is 13.1. The van der Waals surface area contributed by atoms with Gasteiger partial charge < -0.3 is 41.4 Å². The molecule has 0 saturated carbocycles. The Morgan fingerprint density at radius 2 is 1.79 bits per heavy atom. The van der Waals surface area contributed by atoms with Gasteiger partial charge in [-0.1, -0.05) is 30.3 Å². The Kier molecular flexibility index (Phi) is 9.46. The van der Waals surface area contributed by atoms with Crippen LogP contribution < -0.4 is 31.7 Å². The van der Waals surface area contributed by atoms with Gasteiger partial charge >= 0.3 is 6.09 Å². The molecule has 0 aliphatic carbocycles. The SMILES string of the molecule is C=C(NC(=O)C1N=CNC1C(=O)Nc1ccc(OC2CCN(C(=O)OC(C)(C)C)CC2)cc1Cl)Nc1ccccc1N. The fourth-order valence-electron chi connectivity index (χ4n) is 4.40. The number of aliphatic imine (C=N–C) groups is 1. The van der Waals surface area contributed by atoms with E-state index in [9.17, 15) is 14.4 Å². The van der Waals surface area contributed by atoms with Crippen molar-refractivity contribution in [2.75, 3.05) is 29.5 Å². The van der Waals surface area contributed by atoms with Crippen LogP contribution in [0, 0.1) is 0 Å². The number of benzene rings is 2. The van der Waals surface area contributed by atoms with Crippen LogP contribution in [0.15, 0.2) is 59.9 Å². The number of piperidine rings is 1. The largest absolute Gasteiger partial charge is 0.490 e. The van der Waals surface area contributed by atoms with Crippen LogP contribution in [0.1, 0.15) is 33.6 Å². The number of nitrogens with zero attached hydrogens (tertiary/aromatic N) is 2. The lowest BCUT2D eigenvalue weighted by molar-refractivity contribution is -0.126. The zero-order valence-corrected chi connectivity index (χ0v) is 24.5. The molecule has 0 aromatic heterocycles. The Labute approximate surface area is 249 Å². The molecule has 2 aliphatic rings. The van der Waals surface area contributed by atoms with Crippen LogP contribution in [0.3, 0.4) is 0 Å². The van der Waals surface area contributed by atoms with Gasteiger partial charge in [-0.3, -0.25) is 14.6 Å². The van der Waals surface area contributed by atoms with Crippen molar-refractivity contribution in [3.63, 3.8) is 0 Å². The first kappa shape index (κ1) is 30.5. The summed E-state index contributed by atoms with van der Waals surface area (Å²) in [6.45, 7) is 10.4. The topological polar surface area (TPSA) is 159 Å². The number of likely N-dealkylation sites (tertiary alicyclic amines) is 1. The van der Waals surface area contributed by atoms with Crippen LogP contribution in [-0.2, 0) is 14.3 Å². The zero-order chi connectivity index (χ0) is 30.4. The van der Waals surface area contributed by atoms with E-state index < -0.39 is 29.5 Å². The molecular weight excluding hydrogens is 562 g/mol. The van der Waals surface area contributed by atoms with Crippen LogP contribution >= 0.6 is 11.6 Å². The van der Waals surface area contributed by atoms with E-state index in [2.05, 4.69) is 32.8 Å². The van der Waals surface area contributed by atoms with Gasteiger partial charge in [-0.25, -0.2) is 4.79 Å². The number of rotatable bonds is 8. The second-order valence-electron chi connectivity index (χ2n) is 11.0. The quantitative estimate of drug-likeness (QED) is 0.288. The Morgan fingerprint density at radius 3 is 2.45 bits per heavy atom. The summed E-state index contributed by atoms with van der Waals surface area (Å²) in [4.78, 5) is 44.0. The molecule has 0 spiro atoms. The third-order valence-electron chi connectivity index (χ3n) is 6.47. The number of carbonyl (C=O) groups is 3. The number of hydrogen-bond donors (Lipinski definition) is 5. The van der Waals surface area contributed by atoms with Crippen molar-refractivity contribution in [2.45, 2.75) is 57.4 Å². The van der Waals surface area contributed by atoms with E-state index in [1.165, 1.54) is 6.34 Å². The Balaban J connectivity index is 1.28. The first-order valence-electron chi connectivity index (χ1n) is 13.5. The van der Waals surface area contributed by atoms with Crippen molar-refractivity contribution >= 4 is 52.9 Å². The number of halogens is 1. The molecular formula is C29H36ClN7O5. The van der Waals surface area contributed by atoms with Crippen molar-refractivity contribution in [3.05, 3.63) is 59.9 Å². The van der Waals surface area contributed by atoms with Crippen molar-refractivity contribution < 1.29 is 23.9 Å². The van der Waals surface area contributed by atoms with E-state index in [-0.39, 0.29) is 23.0 Å². The highest BCUT2D eigenvalue weighted by Gasteiger charge is 2.36. The average Bonchev–Trinajstić information content (AvgIpc) is 3.41. The number of nitrogen functional groups attached to an aromatic ring is 1. The van der Waals surface area contributed by atoms with Gasteiger partial charge in [0.05, 0.1) is 28.4 Å². The maximum atomic E-state index is 13.1. The molecule has 0 radical (unpaired) electrons. The molecule has 0 bridgehead atoms. The minimum Gasteiger partial charge on any atom is -0.490 e. The van der Waals surface area contributed by atoms with Crippen molar-refractivity contribution in [1.82, 2.24) is 15.5 Å². The molecule has 2 unspecified atom stereocenters. The molecule has 1 fully saturated rings. The minimum absolute atomic E-state index is 0.0955. The molecule has 1 saturated heterocycles. The molecule has 42 heavy (non-hydrogen) atoms. The first-order valence-corrected chi connectivity index (χ1v) is 13.9. The third kappa shape index (κ3) is 8.06. The molecule has 3 amide bonds.